The summed E-state index contributed by atoms with van der Waals surface area (Å²) in [6.45, 7) is 11.2. The van der Waals surface area contributed by atoms with Crippen LogP contribution in [-0.2, 0) is 11.3 Å². The zero-order chi connectivity index (χ0) is 15.4. The topological polar surface area (TPSA) is 56.3 Å². The average Bonchev–Trinajstić information content (AvgIpc) is 2.36. The molecule has 0 saturated carbocycles. The summed E-state index contributed by atoms with van der Waals surface area (Å²) < 4.78 is 11.7. The van der Waals surface area contributed by atoms with Gasteiger partial charge >= 0.3 is 6.01 Å². The van der Waals surface area contributed by atoms with Crippen LogP contribution in [0.4, 0.5) is 0 Å². The van der Waals surface area contributed by atoms with E-state index in [9.17, 15) is 0 Å². The first-order valence-corrected chi connectivity index (χ1v) is 7.82. The molecule has 0 spiro atoms. The second-order valence-corrected chi connectivity index (χ2v) is 6.27. The molecule has 0 aromatic carbocycles. The van der Waals surface area contributed by atoms with Crippen molar-refractivity contribution in [2.45, 2.75) is 78.4 Å². The van der Waals surface area contributed by atoms with E-state index in [1.165, 1.54) is 0 Å². The van der Waals surface area contributed by atoms with Crippen molar-refractivity contribution in [3.05, 3.63) is 17.5 Å². The van der Waals surface area contributed by atoms with Gasteiger partial charge in [-0.05, 0) is 20.8 Å². The quantitative estimate of drug-likeness (QED) is 0.904. The van der Waals surface area contributed by atoms with Gasteiger partial charge in [0.2, 0.25) is 0 Å². The number of ether oxygens (including phenoxy) is 2. The zero-order valence-corrected chi connectivity index (χ0v) is 13.7. The van der Waals surface area contributed by atoms with Crippen LogP contribution in [0, 0.1) is 6.92 Å². The fourth-order valence-electron chi connectivity index (χ4n) is 2.60. The standard InChI is InChI=1S/C16H27N3O2/c1-10(2)17-8-14-9-18-16(19-13(14)5)21-15-6-11(3)20-12(4)7-15/h9-12,15,17H,6-8H2,1-5H3. The molecule has 5 nitrogen and oxygen atoms in total. The fraction of sp³-hybridized carbons (Fsp3) is 0.750. The number of hydrogen-bond donors (Lipinski definition) is 1. The van der Waals surface area contributed by atoms with E-state index in [4.69, 9.17) is 9.47 Å². The van der Waals surface area contributed by atoms with Crippen LogP contribution in [0.15, 0.2) is 6.20 Å². The van der Waals surface area contributed by atoms with E-state index in [2.05, 4.69) is 43.0 Å². The van der Waals surface area contributed by atoms with Gasteiger partial charge in [0.05, 0.1) is 12.2 Å². The summed E-state index contributed by atoms with van der Waals surface area (Å²) >= 11 is 0. The number of hydrogen-bond acceptors (Lipinski definition) is 5. The molecule has 1 fully saturated rings. The summed E-state index contributed by atoms with van der Waals surface area (Å²) in [5, 5.41) is 3.38. The number of nitrogens with zero attached hydrogens (tertiary/aromatic N) is 2. The smallest absolute Gasteiger partial charge is 0.316 e. The highest BCUT2D eigenvalue weighted by atomic mass is 16.5. The molecule has 1 aromatic heterocycles. The molecule has 0 amide bonds. The second kappa shape index (κ2) is 7.18. The first-order valence-electron chi connectivity index (χ1n) is 7.82. The van der Waals surface area contributed by atoms with Crippen LogP contribution in [0.1, 0.15) is 51.8 Å². The van der Waals surface area contributed by atoms with Crippen LogP contribution in [0.5, 0.6) is 6.01 Å². The Bertz CT molecular complexity index is 455. The largest absolute Gasteiger partial charge is 0.460 e. The van der Waals surface area contributed by atoms with Crippen molar-refractivity contribution in [2.75, 3.05) is 0 Å². The van der Waals surface area contributed by atoms with Crippen molar-refractivity contribution in [2.24, 2.45) is 0 Å². The SMILES string of the molecule is Cc1nc(OC2CC(C)OC(C)C2)ncc1CNC(C)C. The minimum absolute atomic E-state index is 0.141. The third kappa shape index (κ3) is 4.93. The van der Waals surface area contributed by atoms with Crippen LogP contribution in [0.3, 0.4) is 0 Å². The summed E-state index contributed by atoms with van der Waals surface area (Å²) in [6, 6.07) is 0.928. The molecule has 5 heteroatoms. The van der Waals surface area contributed by atoms with E-state index in [0.717, 1.165) is 30.6 Å². The molecule has 0 aliphatic carbocycles. The average molecular weight is 293 g/mol. The molecule has 118 valence electrons. The lowest BCUT2D eigenvalue weighted by Gasteiger charge is -2.31. The maximum Gasteiger partial charge on any atom is 0.316 e. The summed E-state index contributed by atoms with van der Waals surface area (Å²) in [7, 11) is 0. The molecular weight excluding hydrogens is 266 g/mol. The van der Waals surface area contributed by atoms with Crippen molar-refractivity contribution in [3.63, 3.8) is 0 Å². The summed E-state index contributed by atoms with van der Waals surface area (Å²) in [4.78, 5) is 8.83. The zero-order valence-electron chi connectivity index (χ0n) is 13.7. The van der Waals surface area contributed by atoms with Gasteiger partial charge in [-0.25, -0.2) is 9.97 Å². The molecule has 21 heavy (non-hydrogen) atoms. The Morgan fingerprint density at radius 3 is 2.57 bits per heavy atom. The fourth-order valence-corrected chi connectivity index (χ4v) is 2.60. The van der Waals surface area contributed by atoms with Crippen LogP contribution in [-0.4, -0.2) is 34.3 Å². The molecule has 2 atom stereocenters. The van der Waals surface area contributed by atoms with Gasteiger partial charge in [-0.2, -0.15) is 0 Å². The van der Waals surface area contributed by atoms with E-state index < -0.39 is 0 Å². The van der Waals surface area contributed by atoms with Gasteiger partial charge in [-0.15, -0.1) is 0 Å². The van der Waals surface area contributed by atoms with E-state index in [-0.39, 0.29) is 18.3 Å². The molecule has 2 unspecified atom stereocenters. The Kier molecular flexibility index (Phi) is 5.53. The predicted molar refractivity (Wildman–Crippen MR) is 82.4 cm³/mol. The lowest BCUT2D eigenvalue weighted by Crippen LogP contribution is -2.36. The van der Waals surface area contributed by atoms with Gasteiger partial charge in [0.25, 0.3) is 0 Å². The highest BCUT2D eigenvalue weighted by Gasteiger charge is 2.26. The van der Waals surface area contributed by atoms with Gasteiger partial charge in [0.15, 0.2) is 0 Å². The van der Waals surface area contributed by atoms with E-state index in [0.29, 0.717) is 12.1 Å². The third-order valence-corrected chi connectivity index (χ3v) is 3.69. The van der Waals surface area contributed by atoms with Crippen molar-refractivity contribution >= 4 is 0 Å². The molecule has 1 saturated heterocycles. The lowest BCUT2D eigenvalue weighted by atomic mass is 10.0. The Hall–Kier alpha value is -1.20. The van der Waals surface area contributed by atoms with Crippen LogP contribution < -0.4 is 10.1 Å². The van der Waals surface area contributed by atoms with Gasteiger partial charge in [-0.1, -0.05) is 13.8 Å². The Balaban J connectivity index is 1.96. The lowest BCUT2D eigenvalue weighted by molar-refractivity contribution is -0.0739. The minimum atomic E-state index is 0.141. The number of nitrogens with one attached hydrogen (secondary N) is 1. The maximum atomic E-state index is 5.93. The van der Waals surface area contributed by atoms with Crippen molar-refractivity contribution in [3.8, 4) is 6.01 Å². The summed E-state index contributed by atoms with van der Waals surface area (Å²) in [6.07, 6.45) is 4.25. The molecule has 1 aliphatic heterocycles. The van der Waals surface area contributed by atoms with Crippen molar-refractivity contribution in [1.29, 1.82) is 0 Å². The molecule has 2 heterocycles. The molecule has 1 aliphatic rings. The molecule has 2 rings (SSSR count). The number of rotatable bonds is 5. The van der Waals surface area contributed by atoms with Gasteiger partial charge in [0, 0.05) is 42.9 Å². The first kappa shape index (κ1) is 16.2. The maximum absolute atomic E-state index is 5.93. The minimum Gasteiger partial charge on any atom is -0.460 e. The summed E-state index contributed by atoms with van der Waals surface area (Å²) in [5.74, 6) is 0. The predicted octanol–water partition coefficient (Wildman–Crippen LogP) is 2.62. The molecular formula is C16H27N3O2. The van der Waals surface area contributed by atoms with E-state index in [1.807, 2.05) is 13.1 Å². The highest BCUT2D eigenvalue weighted by molar-refractivity contribution is 5.17. The number of aromatic nitrogens is 2. The Morgan fingerprint density at radius 2 is 2.00 bits per heavy atom. The highest BCUT2D eigenvalue weighted by Crippen LogP contribution is 2.22. The third-order valence-electron chi connectivity index (χ3n) is 3.69. The van der Waals surface area contributed by atoms with Crippen molar-refractivity contribution in [1.82, 2.24) is 15.3 Å². The molecule has 0 radical (unpaired) electrons. The summed E-state index contributed by atoms with van der Waals surface area (Å²) in [5.41, 5.74) is 2.09. The molecule has 0 bridgehead atoms. The first-order chi connectivity index (χ1) is 9.94. The van der Waals surface area contributed by atoms with Gasteiger partial charge in [-0.3, -0.25) is 0 Å². The van der Waals surface area contributed by atoms with Crippen LogP contribution in [0.2, 0.25) is 0 Å². The molecule has 1 N–H and O–H groups in total. The van der Waals surface area contributed by atoms with Crippen LogP contribution >= 0.6 is 0 Å². The van der Waals surface area contributed by atoms with E-state index in [1.54, 1.807) is 0 Å². The Morgan fingerprint density at radius 1 is 1.33 bits per heavy atom. The van der Waals surface area contributed by atoms with Crippen LogP contribution in [0.25, 0.3) is 0 Å². The monoisotopic (exact) mass is 293 g/mol. The molecule has 1 aromatic rings. The van der Waals surface area contributed by atoms with E-state index >= 15 is 0 Å². The van der Waals surface area contributed by atoms with Crippen molar-refractivity contribution < 1.29 is 9.47 Å². The second-order valence-electron chi connectivity index (χ2n) is 6.27. The van der Waals surface area contributed by atoms with Gasteiger partial charge in [0.1, 0.15) is 6.10 Å². The Labute approximate surface area is 127 Å². The normalized spacial score (nSPS) is 26.1. The van der Waals surface area contributed by atoms with Gasteiger partial charge < -0.3 is 14.8 Å². The number of aryl methyl sites for hydroxylation is 1.